The zero-order valence-corrected chi connectivity index (χ0v) is 21.6. The summed E-state index contributed by atoms with van der Waals surface area (Å²) in [7, 11) is 2.07. The third-order valence-electron chi connectivity index (χ3n) is 6.72. The lowest BCUT2D eigenvalue weighted by Gasteiger charge is -2.35. The number of nitrogens with two attached hydrogens (primary N) is 1. The zero-order chi connectivity index (χ0) is 27.1. The van der Waals surface area contributed by atoms with Crippen LogP contribution in [0.1, 0.15) is 42.7 Å². The van der Waals surface area contributed by atoms with Crippen LogP contribution >= 0.6 is 0 Å². The van der Waals surface area contributed by atoms with E-state index in [1.807, 2.05) is 6.20 Å². The topological polar surface area (TPSA) is 104 Å². The minimum atomic E-state index is -0.811. The maximum atomic E-state index is 14.1. The minimum absolute atomic E-state index is 0.119. The van der Waals surface area contributed by atoms with Gasteiger partial charge in [-0.25, -0.2) is 13.8 Å². The van der Waals surface area contributed by atoms with Crippen LogP contribution in [-0.4, -0.2) is 60.1 Å². The molecule has 1 aliphatic carbocycles. The first-order chi connectivity index (χ1) is 18.4. The molecule has 10 heteroatoms. The second-order valence-electron chi connectivity index (χ2n) is 9.50. The molecule has 4 rings (SSSR count). The average molecular weight is 521 g/mol. The molecule has 0 bridgehead atoms. The molecule has 0 amide bonds. The number of aromatic nitrogens is 2. The van der Waals surface area contributed by atoms with Crippen molar-refractivity contribution in [3.8, 4) is 0 Å². The van der Waals surface area contributed by atoms with Crippen LogP contribution in [0.15, 0.2) is 70.8 Å². The third kappa shape index (κ3) is 6.69. The van der Waals surface area contributed by atoms with E-state index in [0.29, 0.717) is 23.3 Å². The van der Waals surface area contributed by atoms with Crippen molar-refractivity contribution in [2.45, 2.75) is 37.6 Å². The van der Waals surface area contributed by atoms with Crippen molar-refractivity contribution in [3.63, 3.8) is 0 Å². The van der Waals surface area contributed by atoms with Crippen LogP contribution in [0.2, 0.25) is 0 Å². The second kappa shape index (κ2) is 12.6. The summed E-state index contributed by atoms with van der Waals surface area (Å²) in [5, 5.41) is 6.19. The summed E-state index contributed by atoms with van der Waals surface area (Å²) in [5.74, 6) is -0.424. The van der Waals surface area contributed by atoms with Crippen LogP contribution in [0.5, 0.6) is 0 Å². The Labute approximate surface area is 222 Å². The van der Waals surface area contributed by atoms with E-state index in [1.165, 1.54) is 6.20 Å². The predicted octanol–water partition coefficient (Wildman–Crippen LogP) is 4.42. The first-order valence-corrected chi connectivity index (χ1v) is 12.7. The van der Waals surface area contributed by atoms with E-state index in [-0.39, 0.29) is 12.4 Å². The fraction of sp³-hybridized carbons (Fsp3) is 0.357. The molecule has 0 radical (unpaired) electrons. The number of pyridine rings is 2. The van der Waals surface area contributed by atoms with Gasteiger partial charge in [0.2, 0.25) is 0 Å². The lowest BCUT2D eigenvalue weighted by molar-refractivity contribution is 0.289. The number of aliphatic imine (C=N–C) groups is 2. The lowest BCUT2D eigenvalue weighted by atomic mass is 9.99. The average Bonchev–Trinajstić information content (AvgIpc) is 3.76. The van der Waals surface area contributed by atoms with Crippen molar-refractivity contribution < 1.29 is 8.78 Å². The summed E-state index contributed by atoms with van der Waals surface area (Å²) < 4.78 is 27.3. The number of rotatable bonds is 10. The summed E-state index contributed by atoms with van der Waals surface area (Å²) in [6.45, 7) is 9.90. The van der Waals surface area contributed by atoms with E-state index in [2.05, 4.69) is 50.8 Å². The molecule has 1 saturated heterocycles. The largest absolute Gasteiger partial charge is 0.405 e. The quantitative estimate of drug-likeness (QED) is 0.243. The van der Waals surface area contributed by atoms with Crippen LogP contribution < -0.4 is 16.4 Å². The fourth-order valence-electron chi connectivity index (χ4n) is 4.62. The Morgan fingerprint density at radius 1 is 1.24 bits per heavy atom. The van der Waals surface area contributed by atoms with Crippen molar-refractivity contribution in [2.24, 2.45) is 15.7 Å². The number of nitrogens with zero attached hydrogens (tertiary/aromatic N) is 5. The molecule has 2 aliphatic rings. The summed E-state index contributed by atoms with van der Waals surface area (Å²) >= 11 is 0. The van der Waals surface area contributed by atoms with E-state index in [4.69, 9.17) is 10.7 Å². The smallest absolute Gasteiger partial charge is 0.168 e. The van der Waals surface area contributed by atoms with E-state index in [1.54, 1.807) is 18.3 Å². The molecule has 38 heavy (non-hydrogen) atoms. The van der Waals surface area contributed by atoms with Gasteiger partial charge in [-0.1, -0.05) is 6.58 Å². The van der Waals surface area contributed by atoms with Gasteiger partial charge in [0.15, 0.2) is 11.6 Å². The predicted molar refractivity (Wildman–Crippen MR) is 149 cm³/mol. The van der Waals surface area contributed by atoms with Gasteiger partial charge in [0.05, 0.1) is 24.6 Å². The Morgan fingerprint density at radius 2 is 2.00 bits per heavy atom. The second-order valence-corrected chi connectivity index (χ2v) is 9.50. The summed E-state index contributed by atoms with van der Waals surface area (Å²) in [4.78, 5) is 19.8. The zero-order valence-electron chi connectivity index (χ0n) is 21.6. The molecule has 3 heterocycles. The number of halogens is 2. The third-order valence-corrected chi connectivity index (χ3v) is 6.72. The summed E-state index contributed by atoms with van der Waals surface area (Å²) in [6, 6.07) is 1.08. The normalized spacial score (nSPS) is 17.0. The summed E-state index contributed by atoms with van der Waals surface area (Å²) in [5.41, 5.74) is 9.63. The van der Waals surface area contributed by atoms with Crippen LogP contribution in [0.4, 0.5) is 20.3 Å². The van der Waals surface area contributed by atoms with Crippen LogP contribution in [0.3, 0.4) is 0 Å². The van der Waals surface area contributed by atoms with Gasteiger partial charge >= 0.3 is 0 Å². The van der Waals surface area contributed by atoms with E-state index in [9.17, 15) is 8.78 Å². The van der Waals surface area contributed by atoms with Crippen molar-refractivity contribution in [1.82, 2.24) is 20.2 Å². The van der Waals surface area contributed by atoms with Gasteiger partial charge in [-0.05, 0) is 80.9 Å². The molecule has 2 aromatic rings. The van der Waals surface area contributed by atoms with Gasteiger partial charge < -0.3 is 21.3 Å². The first kappa shape index (κ1) is 27.1. The highest BCUT2D eigenvalue weighted by atomic mass is 19.1. The Bertz CT molecular complexity index is 1260. The molecule has 0 aromatic carbocycles. The monoisotopic (exact) mass is 520 g/mol. The molecular formula is C28H34F2N8. The highest BCUT2D eigenvalue weighted by molar-refractivity contribution is 6.04. The first-order valence-electron chi connectivity index (χ1n) is 12.7. The van der Waals surface area contributed by atoms with Gasteiger partial charge in [0.25, 0.3) is 0 Å². The number of allylic oxidation sites excluding steroid dienone is 1. The maximum absolute atomic E-state index is 14.1. The van der Waals surface area contributed by atoms with E-state index < -0.39 is 11.6 Å². The lowest BCUT2D eigenvalue weighted by Crippen LogP contribution is -2.44. The number of anilines is 1. The van der Waals surface area contributed by atoms with Crippen molar-refractivity contribution >= 4 is 24.1 Å². The van der Waals surface area contributed by atoms with Gasteiger partial charge in [0.1, 0.15) is 11.7 Å². The van der Waals surface area contributed by atoms with Crippen molar-refractivity contribution in [1.29, 1.82) is 0 Å². The Hall–Kier alpha value is -3.92. The van der Waals surface area contributed by atoms with Crippen LogP contribution in [-0.2, 0) is 0 Å². The standard InChI is InChI=1S/C28H34F2N8/c1-18(37-27-24(30)13-21(29)15-35-27)12-19(6-9-31)14-36-28(38(3)22-7-10-33-11-8-22)26-23(20-4-5-20)16-34-17-25(26)32-2/h6,9,12-13,15-17,20,22,33H,1-2,4-5,7-8,10-11,14,31H2,3H3,(H,35,37)/b9-6-,19-12+,36-28?. The Kier molecular flexibility index (Phi) is 8.96. The van der Waals surface area contributed by atoms with Crippen LogP contribution in [0.25, 0.3) is 0 Å². The molecule has 1 saturated carbocycles. The number of hydrogen-bond acceptors (Lipinski definition) is 7. The van der Waals surface area contributed by atoms with Gasteiger partial charge in [-0.3, -0.25) is 15.0 Å². The minimum Gasteiger partial charge on any atom is -0.405 e. The molecule has 2 fully saturated rings. The molecule has 0 spiro atoms. The highest BCUT2D eigenvalue weighted by Gasteiger charge is 2.32. The fourth-order valence-corrected chi connectivity index (χ4v) is 4.62. The molecule has 2 aromatic heterocycles. The molecule has 1 aliphatic heterocycles. The molecule has 0 atom stereocenters. The maximum Gasteiger partial charge on any atom is 0.168 e. The Morgan fingerprint density at radius 3 is 2.66 bits per heavy atom. The Balaban J connectivity index is 1.68. The van der Waals surface area contributed by atoms with Crippen LogP contribution in [0, 0.1) is 11.6 Å². The van der Waals surface area contributed by atoms with Crippen molar-refractivity contribution in [2.75, 3.05) is 32.0 Å². The molecule has 4 N–H and O–H groups in total. The van der Waals surface area contributed by atoms with Gasteiger partial charge in [-0.2, -0.15) is 0 Å². The number of amidine groups is 1. The molecule has 0 unspecified atom stereocenters. The molecule has 8 nitrogen and oxygen atoms in total. The van der Waals surface area contributed by atoms with Gasteiger partial charge in [0, 0.05) is 36.6 Å². The number of hydrogen-bond donors (Lipinski definition) is 3. The number of nitrogens with one attached hydrogen (secondary N) is 2. The number of piperidine rings is 1. The highest BCUT2D eigenvalue weighted by Crippen LogP contribution is 2.43. The van der Waals surface area contributed by atoms with E-state index in [0.717, 1.165) is 73.6 Å². The SMILES string of the molecule is C=Nc1cncc(C2CC2)c1C(=NCC(/C=C\N)=C/C(=C)Nc1ncc(F)cc1F)N(C)C1CCNCC1. The van der Waals surface area contributed by atoms with Crippen molar-refractivity contribution in [3.05, 3.63) is 83.6 Å². The molecular weight excluding hydrogens is 486 g/mol. The summed E-state index contributed by atoms with van der Waals surface area (Å²) in [6.07, 6.45) is 13.6. The molecule has 200 valence electrons. The van der Waals surface area contributed by atoms with E-state index >= 15 is 0 Å². The van der Waals surface area contributed by atoms with Gasteiger partial charge in [-0.15, -0.1) is 0 Å².